The van der Waals surface area contributed by atoms with E-state index in [2.05, 4.69) is 0 Å². The summed E-state index contributed by atoms with van der Waals surface area (Å²) in [5, 5.41) is 10.7. The van der Waals surface area contributed by atoms with Crippen LogP contribution in [-0.2, 0) is 16.1 Å². The number of carbonyl (C=O) groups excluding carboxylic acids is 1. The molecule has 1 aromatic carbocycles. The molecule has 6 heteroatoms. The first kappa shape index (κ1) is 17.2. The number of methoxy groups -OCH3 is 1. The molecule has 1 aliphatic heterocycles. The maximum Gasteiger partial charge on any atom is 0.242 e. The number of aliphatic hydroxyl groups excluding tert-OH is 1. The van der Waals surface area contributed by atoms with Crippen molar-refractivity contribution >= 4 is 16.8 Å². The average Bonchev–Trinajstić information content (AvgIpc) is 3.03. The van der Waals surface area contributed by atoms with Crippen molar-refractivity contribution in [3.8, 4) is 0 Å². The summed E-state index contributed by atoms with van der Waals surface area (Å²) in [7, 11) is 1.70. The molecule has 26 heavy (non-hydrogen) atoms. The van der Waals surface area contributed by atoms with Crippen LogP contribution in [0.2, 0.25) is 0 Å². The van der Waals surface area contributed by atoms with Crippen molar-refractivity contribution in [2.45, 2.75) is 50.0 Å². The lowest BCUT2D eigenvalue weighted by Gasteiger charge is -2.42. The number of ether oxygens (including phenoxy) is 1. The van der Waals surface area contributed by atoms with E-state index in [4.69, 9.17) is 4.74 Å². The number of carbonyl (C=O) groups is 1. The van der Waals surface area contributed by atoms with Gasteiger partial charge in [-0.1, -0.05) is 12.1 Å². The second kappa shape index (κ2) is 6.52. The van der Waals surface area contributed by atoms with E-state index < -0.39 is 0 Å². The maximum absolute atomic E-state index is 13.1. The van der Waals surface area contributed by atoms with Gasteiger partial charge in [-0.2, -0.15) is 0 Å². The zero-order chi connectivity index (χ0) is 18.3. The molecule has 0 unspecified atom stereocenters. The summed E-state index contributed by atoms with van der Waals surface area (Å²) in [6, 6.07) is 8.75. The number of rotatable bonds is 3. The first-order chi connectivity index (χ1) is 12.5. The Morgan fingerprint density at radius 2 is 2.12 bits per heavy atom. The van der Waals surface area contributed by atoms with Crippen LogP contribution in [0.5, 0.6) is 0 Å². The van der Waals surface area contributed by atoms with Crippen LogP contribution < -0.4 is 5.43 Å². The van der Waals surface area contributed by atoms with E-state index in [1.165, 1.54) is 6.07 Å². The van der Waals surface area contributed by atoms with E-state index in [9.17, 15) is 14.7 Å². The van der Waals surface area contributed by atoms with Gasteiger partial charge in [0.05, 0.1) is 23.3 Å². The normalized spacial score (nSPS) is 28.3. The highest BCUT2D eigenvalue weighted by Gasteiger charge is 2.52. The van der Waals surface area contributed by atoms with E-state index in [0.29, 0.717) is 18.4 Å². The van der Waals surface area contributed by atoms with E-state index in [-0.39, 0.29) is 35.6 Å². The zero-order valence-corrected chi connectivity index (χ0v) is 14.9. The molecule has 1 N–H and O–H groups in total. The molecule has 1 aromatic heterocycles. The van der Waals surface area contributed by atoms with Crippen molar-refractivity contribution in [3.63, 3.8) is 0 Å². The third-order valence-corrected chi connectivity index (χ3v) is 6.07. The Balaban J connectivity index is 1.61. The highest BCUT2D eigenvalue weighted by molar-refractivity contribution is 5.82. The molecular formula is C20H24N2O4. The summed E-state index contributed by atoms with van der Waals surface area (Å²) in [6.07, 6.45) is 4.15. The van der Waals surface area contributed by atoms with E-state index >= 15 is 0 Å². The lowest BCUT2D eigenvalue weighted by Crippen LogP contribution is -2.53. The smallest absolute Gasteiger partial charge is 0.242 e. The predicted octanol–water partition coefficient (Wildman–Crippen LogP) is 1.53. The summed E-state index contributed by atoms with van der Waals surface area (Å²) in [5.41, 5.74) is 0.383. The van der Waals surface area contributed by atoms with Gasteiger partial charge in [-0.25, -0.2) is 0 Å². The Kier molecular flexibility index (Phi) is 4.32. The molecule has 0 bridgehead atoms. The van der Waals surface area contributed by atoms with Crippen molar-refractivity contribution in [3.05, 3.63) is 46.8 Å². The maximum atomic E-state index is 13.1. The number of hydrogen-bond donors (Lipinski definition) is 1. The van der Waals surface area contributed by atoms with Gasteiger partial charge < -0.3 is 19.3 Å². The topological polar surface area (TPSA) is 71.8 Å². The largest absolute Gasteiger partial charge is 0.393 e. The molecule has 0 spiro atoms. The number of aliphatic hydroxyl groups is 1. The van der Waals surface area contributed by atoms with Gasteiger partial charge in [0.1, 0.15) is 6.54 Å². The van der Waals surface area contributed by atoms with E-state index in [1.54, 1.807) is 19.4 Å². The highest BCUT2D eigenvalue weighted by Crippen LogP contribution is 2.42. The van der Waals surface area contributed by atoms with Crippen LogP contribution in [0.1, 0.15) is 25.7 Å². The lowest BCUT2D eigenvalue weighted by molar-refractivity contribution is -0.140. The third kappa shape index (κ3) is 2.73. The van der Waals surface area contributed by atoms with Crippen molar-refractivity contribution in [1.29, 1.82) is 0 Å². The Morgan fingerprint density at radius 3 is 2.92 bits per heavy atom. The van der Waals surface area contributed by atoms with Crippen LogP contribution in [0.4, 0.5) is 0 Å². The second-order valence-electron chi connectivity index (χ2n) is 7.38. The van der Waals surface area contributed by atoms with Crippen LogP contribution in [0.3, 0.4) is 0 Å². The molecule has 3 atom stereocenters. The van der Waals surface area contributed by atoms with Gasteiger partial charge in [0.2, 0.25) is 5.91 Å². The third-order valence-electron chi connectivity index (χ3n) is 6.07. The summed E-state index contributed by atoms with van der Waals surface area (Å²) < 4.78 is 7.64. The minimum Gasteiger partial charge on any atom is -0.393 e. The number of para-hydroxylation sites is 1. The Hall–Kier alpha value is -2.18. The minimum absolute atomic E-state index is 0.00294. The Labute approximate surface area is 152 Å². The number of amides is 1. The second-order valence-corrected chi connectivity index (χ2v) is 7.38. The molecule has 6 nitrogen and oxygen atoms in total. The number of fused-ring (bicyclic) bond motifs is 2. The molecule has 1 amide bonds. The fraction of sp³-hybridized carbons (Fsp3) is 0.500. The van der Waals surface area contributed by atoms with Crippen molar-refractivity contribution in [1.82, 2.24) is 9.47 Å². The molecule has 2 aliphatic rings. The quantitative estimate of drug-likeness (QED) is 0.905. The Morgan fingerprint density at radius 1 is 1.31 bits per heavy atom. The number of hydrogen-bond acceptors (Lipinski definition) is 4. The standard InChI is InChI=1S/C20H24N2O4/c1-26-20-8-6-14(23)12-18(20)22(11-9-20)19(25)13-21-10-7-17(24)15-4-2-3-5-16(15)21/h2-5,7,10,14,18,23H,6,8-9,11-13H2,1H3/t14-,18+,20-/m1/s1. The van der Waals surface area contributed by atoms with Gasteiger partial charge in [-0.3, -0.25) is 9.59 Å². The van der Waals surface area contributed by atoms with Crippen molar-refractivity contribution < 1.29 is 14.6 Å². The summed E-state index contributed by atoms with van der Waals surface area (Å²) in [5.74, 6) is -0.00294. The molecule has 1 aliphatic carbocycles. The number of aromatic nitrogens is 1. The number of likely N-dealkylation sites (tertiary alicyclic amines) is 1. The fourth-order valence-corrected chi connectivity index (χ4v) is 4.61. The number of pyridine rings is 1. The first-order valence-corrected chi connectivity index (χ1v) is 9.15. The van der Waals surface area contributed by atoms with Gasteiger partial charge in [0.25, 0.3) is 0 Å². The van der Waals surface area contributed by atoms with Gasteiger partial charge in [-0.05, 0) is 37.8 Å². The van der Waals surface area contributed by atoms with Crippen LogP contribution in [0, 0.1) is 0 Å². The fourth-order valence-electron chi connectivity index (χ4n) is 4.61. The van der Waals surface area contributed by atoms with Gasteiger partial charge >= 0.3 is 0 Å². The van der Waals surface area contributed by atoms with Crippen molar-refractivity contribution in [2.75, 3.05) is 13.7 Å². The molecule has 2 fully saturated rings. The van der Waals surface area contributed by atoms with Gasteiger partial charge in [-0.15, -0.1) is 0 Å². The SMILES string of the molecule is CO[C@@]12CC[C@@H](O)C[C@@H]1N(C(=O)Cn1ccc(=O)c3ccccc31)CC2. The zero-order valence-electron chi connectivity index (χ0n) is 14.9. The van der Waals surface area contributed by atoms with Crippen molar-refractivity contribution in [2.24, 2.45) is 0 Å². The Bertz CT molecular complexity index is 893. The van der Waals surface area contributed by atoms with Crippen LogP contribution in [-0.4, -0.2) is 51.9 Å². The van der Waals surface area contributed by atoms with Crippen LogP contribution in [0.25, 0.3) is 10.9 Å². The summed E-state index contributed by atoms with van der Waals surface area (Å²) >= 11 is 0. The number of nitrogens with zero attached hydrogens (tertiary/aromatic N) is 2. The predicted molar refractivity (Wildman–Crippen MR) is 97.9 cm³/mol. The monoisotopic (exact) mass is 356 g/mol. The highest BCUT2D eigenvalue weighted by atomic mass is 16.5. The van der Waals surface area contributed by atoms with Gasteiger partial charge in [0.15, 0.2) is 5.43 Å². The van der Waals surface area contributed by atoms with E-state index in [1.807, 2.05) is 27.7 Å². The lowest BCUT2D eigenvalue weighted by atomic mass is 9.79. The molecule has 2 heterocycles. The van der Waals surface area contributed by atoms with Crippen LogP contribution in [0.15, 0.2) is 41.3 Å². The average molecular weight is 356 g/mol. The molecule has 2 aromatic rings. The molecule has 4 rings (SSSR count). The summed E-state index contributed by atoms with van der Waals surface area (Å²) in [4.78, 5) is 26.9. The van der Waals surface area contributed by atoms with Gasteiger partial charge in [0, 0.05) is 31.3 Å². The summed E-state index contributed by atoms with van der Waals surface area (Å²) in [6.45, 7) is 0.815. The molecular weight excluding hydrogens is 332 g/mol. The molecule has 138 valence electrons. The van der Waals surface area contributed by atoms with E-state index in [0.717, 1.165) is 24.8 Å². The number of benzene rings is 1. The molecule has 1 saturated carbocycles. The first-order valence-electron chi connectivity index (χ1n) is 9.15. The molecule has 0 radical (unpaired) electrons. The van der Waals surface area contributed by atoms with Crippen LogP contribution >= 0.6 is 0 Å². The molecule has 1 saturated heterocycles. The minimum atomic E-state index is -0.384.